The van der Waals surface area contributed by atoms with E-state index < -0.39 is 0 Å². The summed E-state index contributed by atoms with van der Waals surface area (Å²) in [6.45, 7) is 4.91. The van der Waals surface area contributed by atoms with Gasteiger partial charge in [-0.1, -0.05) is 24.8 Å². The summed E-state index contributed by atoms with van der Waals surface area (Å²) in [6.07, 6.45) is 6.32. The van der Waals surface area contributed by atoms with Crippen molar-refractivity contribution in [1.29, 1.82) is 10.7 Å². The number of pyridine rings is 1. The molecule has 1 saturated heterocycles. The minimum Gasteiger partial charge on any atom is -0.457 e. The fourth-order valence-corrected chi connectivity index (χ4v) is 4.19. The molecule has 2 aromatic carbocycles. The largest absolute Gasteiger partial charge is 0.457 e. The van der Waals surface area contributed by atoms with Crippen LogP contribution in [0, 0.1) is 16.7 Å². The Morgan fingerprint density at radius 1 is 1.21 bits per heavy atom. The van der Waals surface area contributed by atoms with Gasteiger partial charge in [0.25, 0.3) is 0 Å². The Labute approximate surface area is 198 Å². The Kier molecular flexibility index (Phi) is 7.11. The van der Waals surface area contributed by atoms with Gasteiger partial charge in [-0.05, 0) is 55.3 Å². The van der Waals surface area contributed by atoms with Gasteiger partial charge >= 0.3 is 0 Å². The van der Waals surface area contributed by atoms with Gasteiger partial charge in [-0.2, -0.15) is 5.26 Å². The van der Waals surface area contributed by atoms with Crippen LogP contribution >= 0.6 is 0 Å². The number of likely N-dealkylation sites (tertiary alicyclic amines) is 1. The number of amides is 1. The first kappa shape index (κ1) is 22.9. The molecule has 3 aromatic rings. The number of aromatic nitrogens is 1. The van der Waals surface area contributed by atoms with Crippen LogP contribution in [0.1, 0.15) is 29.5 Å². The summed E-state index contributed by atoms with van der Waals surface area (Å²) in [5, 5.41) is 20.4. The summed E-state index contributed by atoms with van der Waals surface area (Å²) in [4.78, 5) is 18.2. The Morgan fingerprint density at radius 2 is 1.94 bits per heavy atom. The topological polar surface area (TPSA) is 107 Å². The quantitative estimate of drug-likeness (QED) is 0.403. The van der Waals surface area contributed by atoms with Crippen molar-refractivity contribution in [3.05, 3.63) is 96.3 Å². The molecular formula is C27H26N5O2+. The first-order valence-electron chi connectivity index (χ1n) is 11.2. The molecule has 3 N–H and O–H groups in total. The Balaban J connectivity index is 1.53. The van der Waals surface area contributed by atoms with Crippen LogP contribution in [0.2, 0.25) is 0 Å². The van der Waals surface area contributed by atoms with Crippen molar-refractivity contribution < 1.29 is 14.8 Å². The second kappa shape index (κ2) is 10.6. The normalized spacial score (nSPS) is 14.9. The highest BCUT2D eigenvalue weighted by molar-refractivity contribution is 6.13. The lowest BCUT2D eigenvalue weighted by Crippen LogP contribution is -2.82. The lowest BCUT2D eigenvalue weighted by molar-refractivity contribution is -0.576. The van der Waals surface area contributed by atoms with E-state index in [9.17, 15) is 10.1 Å². The van der Waals surface area contributed by atoms with Crippen molar-refractivity contribution in [2.75, 3.05) is 13.1 Å². The van der Waals surface area contributed by atoms with Crippen LogP contribution in [0.3, 0.4) is 0 Å². The molecule has 0 saturated carbocycles. The number of quaternary nitrogens is 1. The number of nitrogens with two attached hydrogens (primary N) is 1. The van der Waals surface area contributed by atoms with E-state index in [0.717, 1.165) is 18.6 Å². The van der Waals surface area contributed by atoms with Gasteiger partial charge in [0.05, 0.1) is 23.5 Å². The number of rotatable bonds is 8. The Morgan fingerprint density at radius 3 is 2.65 bits per heavy atom. The lowest BCUT2D eigenvalue weighted by Gasteiger charge is -2.22. The molecule has 34 heavy (non-hydrogen) atoms. The van der Waals surface area contributed by atoms with Crippen LogP contribution in [0.15, 0.2) is 79.6 Å². The predicted octanol–water partition coefficient (Wildman–Crippen LogP) is 3.53. The van der Waals surface area contributed by atoms with Gasteiger partial charge < -0.3 is 15.0 Å². The first-order valence-corrected chi connectivity index (χ1v) is 11.2. The number of hydrogen-bond acceptors (Lipinski definition) is 5. The molecule has 170 valence electrons. The SMILES string of the molecule is C=CC(=O)N1CCCC1C[NH2+]c1c(C#N)cncc1C(=N)c1ccc(Oc2ccccc2)cc1. The lowest BCUT2D eigenvalue weighted by atomic mass is 10.00. The fourth-order valence-electron chi connectivity index (χ4n) is 4.19. The van der Waals surface area contributed by atoms with Crippen molar-refractivity contribution in [3.8, 4) is 17.6 Å². The monoisotopic (exact) mass is 452 g/mol. The van der Waals surface area contributed by atoms with Crippen LogP contribution < -0.4 is 10.1 Å². The number of carbonyl (C=O) groups excluding carboxylic acids is 1. The standard InChI is InChI=1S/C27H25N5O2/c1-2-25(33)32-14-6-7-21(32)17-31-27-20(15-28)16-30-18-24(27)26(29)19-10-12-23(13-11-19)34-22-8-4-3-5-9-22/h2-5,8-13,16,18,21,29H,1,6-7,14,17H2,(H,30,31)/p+1. The molecule has 0 radical (unpaired) electrons. The van der Waals surface area contributed by atoms with E-state index in [4.69, 9.17) is 10.1 Å². The van der Waals surface area contributed by atoms with E-state index in [-0.39, 0.29) is 17.7 Å². The second-order valence-electron chi connectivity index (χ2n) is 8.05. The zero-order chi connectivity index (χ0) is 23.9. The molecule has 1 amide bonds. The van der Waals surface area contributed by atoms with Gasteiger partial charge in [-0.25, -0.2) is 0 Å². The predicted molar refractivity (Wildman–Crippen MR) is 129 cm³/mol. The molecule has 7 nitrogen and oxygen atoms in total. The Hall–Kier alpha value is -4.28. The maximum Gasteiger partial charge on any atom is 0.246 e. The fraction of sp³-hybridized carbons (Fsp3) is 0.185. The van der Waals surface area contributed by atoms with Gasteiger partial charge in [0.2, 0.25) is 5.91 Å². The van der Waals surface area contributed by atoms with Crippen LogP contribution in [0.25, 0.3) is 0 Å². The summed E-state index contributed by atoms with van der Waals surface area (Å²) in [7, 11) is 0. The van der Waals surface area contributed by atoms with Crippen LogP contribution in [-0.2, 0) is 4.79 Å². The molecule has 1 aliphatic heterocycles. The molecule has 0 bridgehead atoms. The van der Waals surface area contributed by atoms with E-state index in [1.165, 1.54) is 12.3 Å². The van der Waals surface area contributed by atoms with Crippen LogP contribution in [0.4, 0.5) is 5.69 Å². The number of nitrogens with zero attached hydrogens (tertiary/aromatic N) is 3. The highest BCUT2D eigenvalue weighted by atomic mass is 16.5. The first-order chi connectivity index (χ1) is 16.6. The molecular weight excluding hydrogens is 426 g/mol. The number of nitrogens with one attached hydrogen (secondary N) is 1. The molecule has 0 aliphatic carbocycles. The summed E-state index contributed by atoms with van der Waals surface area (Å²) in [5.74, 6) is 1.34. The van der Waals surface area contributed by atoms with Gasteiger partial charge in [-0.15, -0.1) is 0 Å². The zero-order valence-electron chi connectivity index (χ0n) is 18.8. The van der Waals surface area contributed by atoms with Gasteiger partial charge in [0, 0.05) is 18.3 Å². The Bertz CT molecular complexity index is 1230. The van der Waals surface area contributed by atoms with Gasteiger partial charge in [-0.3, -0.25) is 15.2 Å². The number of benzene rings is 2. The molecule has 1 atom stereocenters. The minimum atomic E-state index is -0.0723. The van der Waals surface area contributed by atoms with Crippen molar-refractivity contribution >= 4 is 17.3 Å². The van der Waals surface area contributed by atoms with E-state index in [2.05, 4.69) is 17.6 Å². The number of para-hydroxylation sites is 1. The third kappa shape index (κ3) is 5.03. The van der Waals surface area contributed by atoms with Crippen molar-refractivity contribution in [3.63, 3.8) is 0 Å². The second-order valence-corrected chi connectivity index (χ2v) is 8.05. The number of carbonyl (C=O) groups is 1. The number of ether oxygens (including phenoxy) is 1. The van der Waals surface area contributed by atoms with Crippen molar-refractivity contribution in [1.82, 2.24) is 9.88 Å². The average Bonchev–Trinajstić information content (AvgIpc) is 3.36. The van der Waals surface area contributed by atoms with Crippen molar-refractivity contribution in [2.24, 2.45) is 0 Å². The van der Waals surface area contributed by atoms with Crippen molar-refractivity contribution in [2.45, 2.75) is 18.9 Å². The third-order valence-electron chi connectivity index (χ3n) is 5.93. The van der Waals surface area contributed by atoms with E-state index in [0.29, 0.717) is 41.2 Å². The van der Waals surface area contributed by atoms with Gasteiger partial charge in [0.15, 0.2) is 5.69 Å². The summed E-state index contributed by atoms with van der Waals surface area (Å²) in [5.41, 5.74) is 2.62. The number of hydrogen-bond donors (Lipinski definition) is 2. The highest BCUT2D eigenvalue weighted by Crippen LogP contribution is 2.24. The molecule has 4 rings (SSSR count). The van der Waals surface area contributed by atoms with Gasteiger partial charge in [0.1, 0.15) is 29.7 Å². The summed E-state index contributed by atoms with van der Waals surface area (Å²) < 4.78 is 5.84. The maximum absolute atomic E-state index is 12.1. The zero-order valence-corrected chi connectivity index (χ0v) is 18.8. The highest BCUT2D eigenvalue weighted by Gasteiger charge is 2.29. The number of nitriles is 1. The molecule has 7 heteroatoms. The molecule has 1 unspecified atom stereocenters. The van der Waals surface area contributed by atoms with Crippen LogP contribution in [-0.4, -0.2) is 40.6 Å². The van der Waals surface area contributed by atoms with Crippen LogP contribution in [0.5, 0.6) is 11.5 Å². The molecule has 2 heterocycles. The molecule has 1 aromatic heterocycles. The van der Waals surface area contributed by atoms with E-state index in [1.807, 2.05) is 64.8 Å². The summed E-state index contributed by atoms with van der Waals surface area (Å²) in [6, 6.07) is 19.0. The van der Waals surface area contributed by atoms with E-state index >= 15 is 0 Å². The molecule has 1 fully saturated rings. The average molecular weight is 453 g/mol. The molecule has 0 spiro atoms. The smallest absolute Gasteiger partial charge is 0.246 e. The third-order valence-corrected chi connectivity index (χ3v) is 5.93. The summed E-state index contributed by atoms with van der Waals surface area (Å²) >= 11 is 0. The molecule has 1 aliphatic rings. The van der Waals surface area contributed by atoms with E-state index in [1.54, 1.807) is 6.20 Å². The maximum atomic E-state index is 12.1. The minimum absolute atomic E-state index is 0.0571.